The molecule has 0 spiro atoms. The van der Waals surface area contributed by atoms with E-state index in [1.54, 1.807) is 0 Å². The molecule has 1 heterocycles. The second-order valence-corrected chi connectivity index (χ2v) is 5.72. The summed E-state index contributed by atoms with van der Waals surface area (Å²) < 4.78 is 1.17. The zero-order valence-corrected chi connectivity index (χ0v) is 11.3. The average Bonchev–Trinajstić information content (AvgIpc) is 2.11. The minimum atomic E-state index is 0.158. The Labute approximate surface area is 99.8 Å². The quantitative estimate of drug-likeness (QED) is 0.776. The average molecular weight is 269 g/mol. The molecule has 0 saturated carbocycles. The maximum Gasteiger partial charge on any atom is 0.0748 e. The molecule has 1 N–H and O–H groups in total. The van der Waals surface area contributed by atoms with Crippen molar-refractivity contribution >= 4 is 27.3 Å². The Morgan fingerprint density at radius 3 is 2.73 bits per heavy atom. The van der Waals surface area contributed by atoms with E-state index in [1.165, 1.54) is 21.4 Å². The predicted octanol–water partition coefficient (Wildman–Crippen LogP) is 3.40. The molecule has 3 heteroatoms. The molecule has 1 aliphatic heterocycles. The van der Waals surface area contributed by atoms with Crippen LogP contribution in [0.25, 0.3) is 0 Å². The first-order valence-electron chi connectivity index (χ1n) is 5.20. The first kappa shape index (κ1) is 10.8. The molecule has 2 rings (SSSR count). The lowest BCUT2D eigenvalue weighted by Gasteiger charge is -2.43. The van der Waals surface area contributed by atoms with E-state index in [0.29, 0.717) is 0 Å². The molecule has 0 amide bonds. The van der Waals surface area contributed by atoms with Crippen molar-refractivity contribution in [1.82, 2.24) is 0 Å². The van der Waals surface area contributed by atoms with Crippen LogP contribution in [0.4, 0.5) is 11.4 Å². The Morgan fingerprint density at radius 2 is 2.07 bits per heavy atom. The summed E-state index contributed by atoms with van der Waals surface area (Å²) in [6.45, 7) is 7.59. The normalized spacial score (nSPS) is 18.3. The van der Waals surface area contributed by atoms with Gasteiger partial charge in [-0.15, -0.1) is 0 Å². The SMILES string of the molecule is Cc1cc(Br)c2c(c1)NCC(C)(C)N2C. The van der Waals surface area contributed by atoms with Gasteiger partial charge in [-0.1, -0.05) is 0 Å². The highest BCUT2D eigenvalue weighted by atomic mass is 79.9. The van der Waals surface area contributed by atoms with E-state index in [2.05, 4.69) is 66.1 Å². The van der Waals surface area contributed by atoms with Crippen LogP contribution in [0.15, 0.2) is 16.6 Å². The molecular weight excluding hydrogens is 252 g/mol. The van der Waals surface area contributed by atoms with Crippen molar-refractivity contribution in [1.29, 1.82) is 0 Å². The zero-order chi connectivity index (χ0) is 11.2. The smallest absolute Gasteiger partial charge is 0.0748 e. The summed E-state index contributed by atoms with van der Waals surface area (Å²) in [7, 11) is 2.15. The second-order valence-electron chi connectivity index (χ2n) is 4.87. The van der Waals surface area contributed by atoms with Crippen LogP contribution in [0.5, 0.6) is 0 Å². The number of likely N-dealkylation sites (N-methyl/N-ethyl adjacent to an activating group) is 1. The molecule has 1 aromatic carbocycles. The number of fused-ring (bicyclic) bond motifs is 1. The van der Waals surface area contributed by atoms with Gasteiger partial charge in [0.15, 0.2) is 0 Å². The summed E-state index contributed by atoms with van der Waals surface area (Å²) in [6, 6.07) is 4.37. The first-order valence-corrected chi connectivity index (χ1v) is 5.99. The van der Waals surface area contributed by atoms with E-state index in [4.69, 9.17) is 0 Å². The van der Waals surface area contributed by atoms with Gasteiger partial charge < -0.3 is 10.2 Å². The van der Waals surface area contributed by atoms with Crippen molar-refractivity contribution in [3.8, 4) is 0 Å². The first-order chi connectivity index (χ1) is 6.92. The number of anilines is 2. The van der Waals surface area contributed by atoms with Crippen LogP contribution in [-0.4, -0.2) is 19.1 Å². The molecule has 15 heavy (non-hydrogen) atoms. The second kappa shape index (κ2) is 3.41. The van der Waals surface area contributed by atoms with Gasteiger partial charge in [-0.2, -0.15) is 0 Å². The molecule has 1 aliphatic rings. The highest BCUT2D eigenvalue weighted by molar-refractivity contribution is 9.10. The summed E-state index contributed by atoms with van der Waals surface area (Å²) >= 11 is 3.64. The Balaban J connectivity index is 2.57. The van der Waals surface area contributed by atoms with Gasteiger partial charge in [-0.25, -0.2) is 0 Å². The van der Waals surface area contributed by atoms with Crippen LogP contribution < -0.4 is 10.2 Å². The number of aryl methyl sites for hydroxylation is 1. The topological polar surface area (TPSA) is 15.3 Å². The van der Waals surface area contributed by atoms with Gasteiger partial charge in [-0.05, 0) is 54.4 Å². The standard InChI is InChI=1S/C12H17BrN2/c1-8-5-9(13)11-10(6-8)14-7-12(2,3)15(11)4/h5-6,14H,7H2,1-4H3. The van der Waals surface area contributed by atoms with E-state index in [1.807, 2.05) is 0 Å². The molecule has 1 aromatic rings. The van der Waals surface area contributed by atoms with E-state index in [9.17, 15) is 0 Å². The van der Waals surface area contributed by atoms with Crippen molar-refractivity contribution < 1.29 is 0 Å². The van der Waals surface area contributed by atoms with Crippen molar-refractivity contribution in [2.45, 2.75) is 26.3 Å². The fourth-order valence-corrected chi connectivity index (χ4v) is 2.78. The van der Waals surface area contributed by atoms with Crippen molar-refractivity contribution in [3.05, 3.63) is 22.2 Å². The highest BCUT2D eigenvalue weighted by Crippen LogP contribution is 2.41. The molecular formula is C12H17BrN2. The fourth-order valence-electron chi connectivity index (χ4n) is 1.94. The lowest BCUT2D eigenvalue weighted by molar-refractivity contribution is 0.502. The third kappa shape index (κ3) is 1.73. The molecule has 82 valence electrons. The number of nitrogens with zero attached hydrogens (tertiary/aromatic N) is 1. The summed E-state index contributed by atoms with van der Waals surface area (Å²) in [6.07, 6.45) is 0. The van der Waals surface area contributed by atoms with Crippen LogP contribution in [0.2, 0.25) is 0 Å². The fraction of sp³-hybridized carbons (Fsp3) is 0.500. The van der Waals surface area contributed by atoms with Crippen LogP contribution >= 0.6 is 15.9 Å². The lowest BCUT2D eigenvalue weighted by atomic mass is 9.98. The molecule has 0 radical (unpaired) electrons. The zero-order valence-electron chi connectivity index (χ0n) is 9.69. The largest absolute Gasteiger partial charge is 0.381 e. The molecule has 0 unspecified atom stereocenters. The van der Waals surface area contributed by atoms with E-state index >= 15 is 0 Å². The minimum Gasteiger partial charge on any atom is -0.381 e. The Bertz CT molecular complexity index is 399. The molecule has 0 atom stereocenters. The maximum atomic E-state index is 3.64. The number of halogens is 1. The van der Waals surface area contributed by atoms with Crippen molar-refractivity contribution in [2.75, 3.05) is 23.8 Å². The van der Waals surface area contributed by atoms with Gasteiger partial charge in [0.2, 0.25) is 0 Å². The number of nitrogens with one attached hydrogen (secondary N) is 1. The number of rotatable bonds is 0. The number of benzene rings is 1. The van der Waals surface area contributed by atoms with Gasteiger partial charge >= 0.3 is 0 Å². The number of hydrogen-bond acceptors (Lipinski definition) is 2. The van der Waals surface area contributed by atoms with Gasteiger partial charge in [0.05, 0.1) is 16.9 Å². The summed E-state index contributed by atoms with van der Waals surface area (Å²) in [4.78, 5) is 2.34. The van der Waals surface area contributed by atoms with Crippen LogP contribution in [0.1, 0.15) is 19.4 Å². The molecule has 0 aliphatic carbocycles. The third-order valence-corrected chi connectivity index (χ3v) is 3.77. The van der Waals surface area contributed by atoms with Crippen LogP contribution in [-0.2, 0) is 0 Å². The molecule has 0 saturated heterocycles. The van der Waals surface area contributed by atoms with Crippen LogP contribution in [0, 0.1) is 6.92 Å². The Morgan fingerprint density at radius 1 is 1.40 bits per heavy atom. The molecule has 0 aromatic heterocycles. The lowest BCUT2D eigenvalue weighted by Crippen LogP contribution is -2.50. The van der Waals surface area contributed by atoms with E-state index in [0.717, 1.165) is 6.54 Å². The maximum absolute atomic E-state index is 3.64. The molecule has 2 nitrogen and oxygen atoms in total. The van der Waals surface area contributed by atoms with Gasteiger partial charge in [0, 0.05) is 18.1 Å². The summed E-state index contributed by atoms with van der Waals surface area (Å²) in [5, 5.41) is 3.49. The minimum absolute atomic E-state index is 0.158. The van der Waals surface area contributed by atoms with Crippen LogP contribution in [0.3, 0.4) is 0 Å². The van der Waals surface area contributed by atoms with Gasteiger partial charge in [-0.3, -0.25) is 0 Å². The van der Waals surface area contributed by atoms with Crippen molar-refractivity contribution in [3.63, 3.8) is 0 Å². The van der Waals surface area contributed by atoms with Gasteiger partial charge in [0.1, 0.15) is 0 Å². The summed E-state index contributed by atoms with van der Waals surface area (Å²) in [5.41, 5.74) is 3.92. The Kier molecular flexibility index (Phi) is 2.45. The van der Waals surface area contributed by atoms with Gasteiger partial charge in [0.25, 0.3) is 0 Å². The Hall–Kier alpha value is -0.700. The highest BCUT2D eigenvalue weighted by Gasteiger charge is 2.31. The monoisotopic (exact) mass is 268 g/mol. The molecule has 0 fully saturated rings. The number of hydrogen-bond donors (Lipinski definition) is 1. The third-order valence-electron chi connectivity index (χ3n) is 3.16. The molecule has 0 bridgehead atoms. The van der Waals surface area contributed by atoms with E-state index < -0.39 is 0 Å². The van der Waals surface area contributed by atoms with E-state index in [-0.39, 0.29) is 5.54 Å². The predicted molar refractivity (Wildman–Crippen MR) is 69.9 cm³/mol. The van der Waals surface area contributed by atoms with Crippen molar-refractivity contribution in [2.24, 2.45) is 0 Å². The summed E-state index contributed by atoms with van der Waals surface area (Å²) in [5.74, 6) is 0.